The molecule has 2 rings (SSSR count). The molecular weight excluding hydrogens is 328 g/mol. The molecule has 2 N–H and O–H groups in total. The van der Waals surface area contributed by atoms with E-state index in [1.165, 1.54) is 37.7 Å². The van der Waals surface area contributed by atoms with Crippen LogP contribution in [-0.2, 0) is 0 Å². The summed E-state index contributed by atoms with van der Waals surface area (Å²) in [6.07, 6.45) is 6.47. The lowest BCUT2D eigenvalue weighted by atomic mass is 10.0. The molecule has 1 aliphatic heterocycles. The number of nitrogens with two attached hydrogens (primary N) is 1. The van der Waals surface area contributed by atoms with Gasteiger partial charge in [0, 0.05) is 18.6 Å². The van der Waals surface area contributed by atoms with E-state index in [0.717, 1.165) is 16.8 Å². The zero-order valence-corrected chi connectivity index (χ0v) is 14.7. The Morgan fingerprint density at radius 2 is 2.19 bits per heavy atom. The third kappa shape index (κ3) is 3.99. The van der Waals surface area contributed by atoms with Crippen LogP contribution in [0.3, 0.4) is 0 Å². The van der Waals surface area contributed by atoms with E-state index in [-0.39, 0.29) is 0 Å². The van der Waals surface area contributed by atoms with Crippen LogP contribution in [0.5, 0.6) is 5.75 Å². The van der Waals surface area contributed by atoms with Crippen LogP contribution in [0.4, 0.5) is 0 Å². The van der Waals surface area contributed by atoms with Gasteiger partial charge in [0.05, 0.1) is 11.6 Å². The van der Waals surface area contributed by atoms with Crippen molar-refractivity contribution in [2.45, 2.75) is 51.1 Å². The van der Waals surface area contributed by atoms with Gasteiger partial charge in [-0.2, -0.15) is 0 Å². The zero-order valence-electron chi connectivity index (χ0n) is 13.1. The predicted octanol–water partition coefficient (Wildman–Crippen LogP) is 4.11. The minimum Gasteiger partial charge on any atom is -0.496 e. The van der Waals surface area contributed by atoms with Gasteiger partial charge in [-0.3, -0.25) is 4.90 Å². The fourth-order valence-corrected chi connectivity index (χ4v) is 3.96. The highest BCUT2D eigenvalue weighted by Crippen LogP contribution is 2.33. The van der Waals surface area contributed by atoms with Gasteiger partial charge in [-0.15, -0.1) is 0 Å². The zero-order chi connectivity index (χ0) is 15.2. The largest absolute Gasteiger partial charge is 0.496 e. The average molecular weight is 355 g/mol. The quantitative estimate of drug-likeness (QED) is 0.864. The minimum atomic E-state index is 0.301. The first-order valence-corrected chi connectivity index (χ1v) is 8.79. The number of halogens is 1. The number of ether oxygens (including phenoxy) is 1. The molecule has 0 aromatic heterocycles. The van der Waals surface area contributed by atoms with Crippen molar-refractivity contribution in [2.24, 2.45) is 5.73 Å². The van der Waals surface area contributed by atoms with E-state index in [1.807, 2.05) is 6.07 Å². The Balaban J connectivity index is 2.26. The highest BCUT2D eigenvalue weighted by atomic mass is 79.9. The first kappa shape index (κ1) is 16.8. The molecular formula is C17H27BrN2O. The van der Waals surface area contributed by atoms with E-state index in [2.05, 4.69) is 39.9 Å². The normalized spacial score (nSPS) is 21.8. The van der Waals surface area contributed by atoms with Crippen molar-refractivity contribution >= 4 is 15.9 Å². The van der Waals surface area contributed by atoms with Crippen molar-refractivity contribution in [1.82, 2.24) is 4.90 Å². The van der Waals surface area contributed by atoms with Crippen LogP contribution in [0.1, 0.15) is 50.6 Å². The number of benzene rings is 1. The summed E-state index contributed by atoms with van der Waals surface area (Å²) in [6, 6.07) is 7.30. The predicted molar refractivity (Wildman–Crippen MR) is 91.7 cm³/mol. The highest BCUT2D eigenvalue weighted by molar-refractivity contribution is 9.10. The molecule has 1 aliphatic rings. The maximum atomic E-state index is 6.14. The molecule has 1 fully saturated rings. The van der Waals surface area contributed by atoms with Crippen molar-refractivity contribution < 1.29 is 4.74 Å². The second-order valence-corrected chi connectivity index (χ2v) is 6.65. The Labute approximate surface area is 137 Å². The van der Waals surface area contributed by atoms with E-state index >= 15 is 0 Å². The van der Waals surface area contributed by atoms with Gasteiger partial charge >= 0.3 is 0 Å². The Bertz CT molecular complexity index is 452. The van der Waals surface area contributed by atoms with E-state index in [0.29, 0.717) is 18.6 Å². The lowest BCUT2D eigenvalue weighted by molar-refractivity contribution is 0.136. The number of nitrogens with zero attached hydrogens (tertiary/aromatic N) is 1. The fraction of sp³-hybridized carbons (Fsp3) is 0.647. The maximum Gasteiger partial charge on any atom is 0.133 e. The summed E-state index contributed by atoms with van der Waals surface area (Å²) in [6.45, 7) is 4.11. The molecule has 1 saturated heterocycles. The van der Waals surface area contributed by atoms with Gasteiger partial charge in [0.25, 0.3) is 0 Å². The topological polar surface area (TPSA) is 38.5 Å². The van der Waals surface area contributed by atoms with Gasteiger partial charge in [-0.1, -0.05) is 25.8 Å². The van der Waals surface area contributed by atoms with Crippen LogP contribution in [-0.4, -0.2) is 31.1 Å². The highest BCUT2D eigenvalue weighted by Gasteiger charge is 2.27. The lowest BCUT2D eigenvalue weighted by Crippen LogP contribution is -2.41. The number of hydrogen-bond acceptors (Lipinski definition) is 3. The molecule has 3 nitrogen and oxygen atoms in total. The summed E-state index contributed by atoms with van der Waals surface area (Å²) in [7, 11) is 1.70. The lowest BCUT2D eigenvalue weighted by Gasteiger charge is -2.36. The van der Waals surface area contributed by atoms with E-state index in [4.69, 9.17) is 10.5 Å². The molecule has 1 aromatic carbocycles. The smallest absolute Gasteiger partial charge is 0.133 e. The van der Waals surface area contributed by atoms with E-state index < -0.39 is 0 Å². The molecule has 0 radical (unpaired) electrons. The molecule has 2 atom stereocenters. The summed E-state index contributed by atoms with van der Waals surface area (Å²) in [4.78, 5) is 2.63. The van der Waals surface area contributed by atoms with Gasteiger partial charge in [0.1, 0.15) is 5.75 Å². The number of rotatable bonds is 5. The third-order valence-corrected chi connectivity index (χ3v) is 5.20. The molecule has 0 aliphatic carbocycles. The summed E-state index contributed by atoms with van der Waals surface area (Å²) in [5, 5.41) is 0. The van der Waals surface area contributed by atoms with Crippen LogP contribution >= 0.6 is 15.9 Å². The molecule has 2 unspecified atom stereocenters. The molecule has 0 bridgehead atoms. The summed E-state index contributed by atoms with van der Waals surface area (Å²) >= 11 is 3.59. The van der Waals surface area contributed by atoms with Gasteiger partial charge < -0.3 is 10.5 Å². The molecule has 21 heavy (non-hydrogen) atoms. The standard InChI is InChI=1S/C17H27BrN2O/c1-3-14-7-5-4-6-10-20(14)16(12-19)13-8-9-17(21-2)15(18)11-13/h8-9,11,14,16H,3-7,10,12,19H2,1-2H3. The summed E-state index contributed by atoms with van der Waals surface area (Å²) in [5.41, 5.74) is 7.42. The molecule has 1 aromatic rings. The monoisotopic (exact) mass is 354 g/mol. The SMILES string of the molecule is CCC1CCCCCN1C(CN)c1ccc(OC)c(Br)c1. The Kier molecular flexibility index (Phi) is 6.52. The van der Waals surface area contributed by atoms with Crippen LogP contribution in [0.2, 0.25) is 0 Å². The molecule has 118 valence electrons. The van der Waals surface area contributed by atoms with E-state index in [9.17, 15) is 0 Å². The summed E-state index contributed by atoms with van der Waals surface area (Å²) in [5.74, 6) is 0.873. The Hall–Kier alpha value is -0.580. The van der Waals surface area contributed by atoms with Crippen molar-refractivity contribution in [3.63, 3.8) is 0 Å². The average Bonchev–Trinajstić information content (AvgIpc) is 2.74. The second-order valence-electron chi connectivity index (χ2n) is 5.79. The second kappa shape index (κ2) is 8.16. The first-order valence-electron chi connectivity index (χ1n) is 8.00. The van der Waals surface area contributed by atoms with Crippen molar-refractivity contribution in [3.05, 3.63) is 28.2 Å². The summed E-state index contributed by atoms with van der Waals surface area (Å²) < 4.78 is 6.33. The third-order valence-electron chi connectivity index (χ3n) is 4.58. The van der Waals surface area contributed by atoms with Gasteiger partial charge in [0.15, 0.2) is 0 Å². The molecule has 1 heterocycles. The molecule has 0 saturated carbocycles. The van der Waals surface area contributed by atoms with Crippen molar-refractivity contribution in [3.8, 4) is 5.75 Å². The van der Waals surface area contributed by atoms with Crippen LogP contribution < -0.4 is 10.5 Å². The van der Waals surface area contributed by atoms with E-state index in [1.54, 1.807) is 7.11 Å². The van der Waals surface area contributed by atoms with Crippen molar-refractivity contribution in [1.29, 1.82) is 0 Å². The molecule has 0 spiro atoms. The van der Waals surface area contributed by atoms with Crippen LogP contribution in [0.15, 0.2) is 22.7 Å². The molecule has 4 heteroatoms. The van der Waals surface area contributed by atoms with Crippen LogP contribution in [0.25, 0.3) is 0 Å². The van der Waals surface area contributed by atoms with Crippen LogP contribution in [0, 0.1) is 0 Å². The van der Waals surface area contributed by atoms with Gasteiger partial charge in [0.2, 0.25) is 0 Å². The number of likely N-dealkylation sites (tertiary alicyclic amines) is 1. The van der Waals surface area contributed by atoms with Gasteiger partial charge in [-0.05, 0) is 59.4 Å². The minimum absolute atomic E-state index is 0.301. The Morgan fingerprint density at radius 3 is 2.81 bits per heavy atom. The number of hydrogen-bond donors (Lipinski definition) is 1. The molecule has 0 amide bonds. The maximum absolute atomic E-state index is 6.14. The van der Waals surface area contributed by atoms with Crippen molar-refractivity contribution in [2.75, 3.05) is 20.2 Å². The fourth-order valence-electron chi connectivity index (χ4n) is 3.40. The Morgan fingerprint density at radius 1 is 1.38 bits per heavy atom. The number of methoxy groups -OCH3 is 1. The van der Waals surface area contributed by atoms with Gasteiger partial charge in [-0.25, -0.2) is 0 Å². The first-order chi connectivity index (χ1) is 10.2.